The number of carbonyl (C=O) groups is 1. The van der Waals surface area contributed by atoms with E-state index in [0.29, 0.717) is 11.5 Å². The van der Waals surface area contributed by atoms with Gasteiger partial charge >= 0.3 is 0 Å². The molecular formula is C19H17N3O3. The molecule has 1 N–H and O–H groups in total. The van der Waals surface area contributed by atoms with E-state index in [2.05, 4.69) is 10.5 Å². The van der Waals surface area contributed by atoms with Crippen LogP contribution in [0.25, 0.3) is 10.8 Å². The highest BCUT2D eigenvalue weighted by Crippen LogP contribution is 2.35. The topological polar surface area (TPSA) is 64.9 Å². The lowest BCUT2D eigenvalue weighted by Crippen LogP contribution is -2.42. The quantitative estimate of drug-likeness (QED) is 0.591. The summed E-state index contributed by atoms with van der Waals surface area (Å²) >= 11 is 0. The highest BCUT2D eigenvalue weighted by Gasteiger charge is 2.27. The van der Waals surface area contributed by atoms with E-state index in [9.17, 15) is 4.79 Å². The smallest absolute Gasteiger partial charge is 0.284 e. The Balaban J connectivity index is 1.46. The average molecular weight is 335 g/mol. The number of fused-ring (bicyclic) bond motifs is 2. The van der Waals surface area contributed by atoms with Crippen molar-refractivity contribution in [3.8, 4) is 11.5 Å². The van der Waals surface area contributed by atoms with E-state index in [-0.39, 0.29) is 12.5 Å². The Morgan fingerprint density at radius 1 is 1.20 bits per heavy atom. The van der Waals surface area contributed by atoms with Gasteiger partial charge in [-0.25, -0.2) is 5.43 Å². The van der Waals surface area contributed by atoms with Gasteiger partial charge in [-0.2, -0.15) is 5.10 Å². The lowest BCUT2D eigenvalue weighted by atomic mass is 10.1. The van der Waals surface area contributed by atoms with Crippen LogP contribution in [-0.4, -0.2) is 29.4 Å². The van der Waals surface area contributed by atoms with Crippen molar-refractivity contribution in [1.29, 1.82) is 0 Å². The minimum atomic E-state index is -0.737. The summed E-state index contributed by atoms with van der Waals surface area (Å²) in [6.45, 7) is 0.150. The van der Waals surface area contributed by atoms with Crippen LogP contribution >= 0.6 is 0 Å². The maximum absolute atomic E-state index is 12.2. The van der Waals surface area contributed by atoms with Crippen molar-refractivity contribution in [3.63, 3.8) is 0 Å². The van der Waals surface area contributed by atoms with Crippen LogP contribution in [-0.2, 0) is 11.8 Å². The van der Waals surface area contributed by atoms with E-state index in [1.54, 1.807) is 6.21 Å². The van der Waals surface area contributed by atoms with Crippen molar-refractivity contribution in [2.75, 3.05) is 6.61 Å². The number of nitrogens with one attached hydrogen (secondary N) is 1. The summed E-state index contributed by atoms with van der Waals surface area (Å²) in [6.07, 6.45) is 2.75. The molecule has 1 atom stereocenters. The molecule has 6 nitrogen and oxygen atoms in total. The van der Waals surface area contributed by atoms with Gasteiger partial charge < -0.3 is 14.0 Å². The molecule has 2 aromatic carbocycles. The number of ether oxygens (including phenoxy) is 2. The maximum Gasteiger partial charge on any atom is 0.284 e. The van der Waals surface area contributed by atoms with Gasteiger partial charge in [-0.05, 0) is 35.0 Å². The second-order valence-electron chi connectivity index (χ2n) is 5.84. The van der Waals surface area contributed by atoms with Gasteiger partial charge in [-0.15, -0.1) is 0 Å². The summed E-state index contributed by atoms with van der Waals surface area (Å²) in [5.74, 6) is 0.871. The molecule has 0 saturated carbocycles. The first kappa shape index (κ1) is 15.3. The molecule has 4 rings (SSSR count). The van der Waals surface area contributed by atoms with E-state index in [0.717, 1.165) is 16.5 Å². The number of aromatic nitrogens is 1. The normalized spacial score (nSPS) is 16.3. The van der Waals surface area contributed by atoms with Gasteiger partial charge in [0.2, 0.25) is 6.10 Å². The van der Waals surface area contributed by atoms with Crippen LogP contribution in [0, 0.1) is 0 Å². The predicted octanol–water partition coefficient (Wildman–Crippen LogP) is 2.47. The largest absolute Gasteiger partial charge is 0.485 e. The Kier molecular flexibility index (Phi) is 3.85. The fourth-order valence-corrected chi connectivity index (χ4v) is 2.73. The van der Waals surface area contributed by atoms with Crippen molar-refractivity contribution in [1.82, 2.24) is 9.99 Å². The summed E-state index contributed by atoms with van der Waals surface area (Å²) in [6, 6.07) is 15.5. The zero-order valence-corrected chi connectivity index (χ0v) is 13.7. The van der Waals surface area contributed by atoms with Crippen LogP contribution < -0.4 is 14.9 Å². The van der Waals surface area contributed by atoms with Gasteiger partial charge in [0.1, 0.15) is 6.61 Å². The summed E-state index contributed by atoms with van der Waals surface area (Å²) in [5.41, 5.74) is 3.38. The Labute approximate surface area is 144 Å². The molecule has 2 heterocycles. The molecule has 0 spiro atoms. The molecule has 1 aliphatic heterocycles. The standard InChI is InChI=1S/C19H17N3O3/c1-22-8-4-7-15(22)11-20-21-19(23)18-12-24-16-9-13-5-2-3-6-14(13)10-17(16)25-18/h2-11,18H,12H2,1H3,(H,21,23)/b20-11-. The molecule has 1 aliphatic rings. The van der Waals surface area contributed by atoms with Crippen LogP contribution in [0.3, 0.4) is 0 Å². The van der Waals surface area contributed by atoms with Gasteiger partial charge in [-0.1, -0.05) is 24.3 Å². The SMILES string of the molecule is Cn1cccc1/C=N\NC(=O)C1COc2cc3ccccc3cc2O1. The number of hydrazone groups is 1. The average Bonchev–Trinajstić information content (AvgIpc) is 3.04. The molecule has 3 aromatic rings. The molecule has 0 saturated heterocycles. The number of carbonyl (C=O) groups excluding carboxylic acids is 1. The zero-order chi connectivity index (χ0) is 17.2. The first-order valence-corrected chi connectivity index (χ1v) is 7.97. The highest BCUT2D eigenvalue weighted by atomic mass is 16.6. The molecule has 6 heteroatoms. The summed E-state index contributed by atoms with van der Waals surface area (Å²) in [5, 5.41) is 6.08. The van der Waals surface area contributed by atoms with Crippen molar-refractivity contribution in [2.24, 2.45) is 12.1 Å². The maximum atomic E-state index is 12.2. The lowest BCUT2D eigenvalue weighted by molar-refractivity contribution is -0.130. The van der Waals surface area contributed by atoms with Crippen LogP contribution in [0.15, 0.2) is 59.8 Å². The van der Waals surface area contributed by atoms with Crippen molar-refractivity contribution in [3.05, 3.63) is 60.4 Å². The molecule has 1 amide bonds. The van der Waals surface area contributed by atoms with E-state index in [1.165, 1.54) is 0 Å². The lowest BCUT2D eigenvalue weighted by Gasteiger charge is -2.25. The first-order valence-electron chi connectivity index (χ1n) is 7.97. The molecule has 126 valence electrons. The summed E-state index contributed by atoms with van der Waals surface area (Å²) in [7, 11) is 1.91. The third kappa shape index (κ3) is 3.06. The number of hydrogen-bond acceptors (Lipinski definition) is 4. The predicted molar refractivity (Wildman–Crippen MR) is 95.0 cm³/mol. The van der Waals surface area contributed by atoms with Crippen LogP contribution in [0.2, 0.25) is 0 Å². The number of nitrogens with zero attached hydrogens (tertiary/aromatic N) is 2. The zero-order valence-electron chi connectivity index (χ0n) is 13.7. The van der Waals surface area contributed by atoms with Gasteiger partial charge in [0, 0.05) is 13.2 Å². The second kappa shape index (κ2) is 6.32. The molecule has 0 bridgehead atoms. The van der Waals surface area contributed by atoms with Crippen LogP contribution in [0.1, 0.15) is 5.69 Å². The van der Waals surface area contributed by atoms with E-state index < -0.39 is 6.10 Å². The molecule has 0 radical (unpaired) electrons. The van der Waals surface area contributed by atoms with Crippen molar-refractivity contribution < 1.29 is 14.3 Å². The Hall–Kier alpha value is -3.28. The van der Waals surface area contributed by atoms with Gasteiger partial charge in [0.05, 0.1) is 11.9 Å². The minimum absolute atomic E-state index is 0.150. The highest BCUT2D eigenvalue weighted by molar-refractivity contribution is 5.87. The molecule has 0 aliphatic carbocycles. The van der Waals surface area contributed by atoms with Gasteiger partial charge in [-0.3, -0.25) is 4.79 Å². The minimum Gasteiger partial charge on any atom is -0.485 e. The number of benzene rings is 2. The third-order valence-electron chi connectivity index (χ3n) is 4.12. The van der Waals surface area contributed by atoms with Crippen molar-refractivity contribution in [2.45, 2.75) is 6.10 Å². The fraction of sp³-hybridized carbons (Fsp3) is 0.158. The van der Waals surface area contributed by atoms with E-state index in [4.69, 9.17) is 9.47 Å². The fourth-order valence-electron chi connectivity index (χ4n) is 2.73. The van der Waals surface area contributed by atoms with Crippen LogP contribution in [0.5, 0.6) is 11.5 Å². The molecule has 1 unspecified atom stereocenters. The van der Waals surface area contributed by atoms with Crippen molar-refractivity contribution >= 4 is 22.9 Å². The molecule has 25 heavy (non-hydrogen) atoms. The van der Waals surface area contributed by atoms with E-state index in [1.807, 2.05) is 66.3 Å². The monoisotopic (exact) mass is 335 g/mol. The second-order valence-corrected chi connectivity index (χ2v) is 5.84. The summed E-state index contributed by atoms with van der Waals surface area (Å²) in [4.78, 5) is 12.2. The number of amides is 1. The first-order chi connectivity index (χ1) is 12.2. The molecule has 0 fully saturated rings. The molecule has 1 aromatic heterocycles. The van der Waals surface area contributed by atoms with Crippen LogP contribution in [0.4, 0.5) is 0 Å². The van der Waals surface area contributed by atoms with Gasteiger partial charge in [0.25, 0.3) is 5.91 Å². The number of aryl methyl sites for hydroxylation is 1. The Morgan fingerprint density at radius 3 is 2.68 bits per heavy atom. The summed E-state index contributed by atoms with van der Waals surface area (Å²) < 4.78 is 13.4. The third-order valence-corrected chi connectivity index (χ3v) is 4.12. The number of hydrogen-bond donors (Lipinski definition) is 1. The Morgan fingerprint density at radius 2 is 1.96 bits per heavy atom. The Bertz CT molecular complexity index is 961. The van der Waals surface area contributed by atoms with Gasteiger partial charge in [0.15, 0.2) is 11.5 Å². The van der Waals surface area contributed by atoms with E-state index >= 15 is 0 Å². The molecular weight excluding hydrogens is 318 g/mol. The number of rotatable bonds is 3.